The number of amides is 2. The highest BCUT2D eigenvalue weighted by atomic mass is 35.5. The maximum absolute atomic E-state index is 12.9. The predicted octanol–water partition coefficient (Wildman–Crippen LogP) is 0.735. The van der Waals surface area contributed by atoms with Crippen molar-refractivity contribution in [2.75, 3.05) is 6.54 Å². The van der Waals surface area contributed by atoms with E-state index in [2.05, 4.69) is 10.6 Å². The second-order valence-corrected chi connectivity index (χ2v) is 3.68. The quantitative estimate of drug-likeness (QED) is 0.627. The molecule has 0 aromatic heterocycles. The van der Waals surface area contributed by atoms with Gasteiger partial charge in [0.25, 0.3) is 0 Å². The van der Waals surface area contributed by atoms with E-state index in [-0.39, 0.29) is 18.1 Å². The number of rotatable bonds is 3. The van der Waals surface area contributed by atoms with Crippen molar-refractivity contribution in [2.45, 2.75) is 6.54 Å². The minimum absolute atomic E-state index is 0.0405. The molecule has 5 nitrogen and oxygen atoms in total. The molecule has 18 heavy (non-hydrogen) atoms. The van der Waals surface area contributed by atoms with Crippen molar-refractivity contribution < 1.29 is 14.0 Å². The van der Waals surface area contributed by atoms with Gasteiger partial charge in [0, 0.05) is 6.54 Å². The second kappa shape index (κ2) is 6.57. The van der Waals surface area contributed by atoms with E-state index < -0.39 is 17.6 Å². The number of nitriles is 1. The van der Waals surface area contributed by atoms with Crippen LogP contribution in [0.15, 0.2) is 18.2 Å². The number of carbonyl (C=O) groups is 2. The van der Waals surface area contributed by atoms with Crippen molar-refractivity contribution in [1.82, 2.24) is 10.6 Å². The summed E-state index contributed by atoms with van der Waals surface area (Å²) in [6, 6.07) is 5.63. The summed E-state index contributed by atoms with van der Waals surface area (Å²) < 4.78 is 12.9. The molecule has 0 spiro atoms. The van der Waals surface area contributed by atoms with Crippen molar-refractivity contribution >= 4 is 23.4 Å². The number of nitrogens with one attached hydrogen (secondary N) is 2. The third-order valence-corrected chi connectivity index (χ3v) is 2.26. The van der Waals surface area contributed by atoms with Gasteiger partial charge < -0.3 is 10.6 Å². The summed E-state index contributed by atoms with van der Waals surface area (Å²) in [5.74, 6) is -2.33. The van der Waals surface area contributed by atoms with E-state index in [0.717, 1.165) is 0 Å². The fourth-order valence-electron chi connectivity index (χ4n) is 1.11. The van der Waals surface area contributed by atoms with Crippen LogP contribution in [0.4, 0.5) is 4.39 Å². The molecule has 0 aliphatic rings. The molecule has 0 aliphatic heterocycles. The molecule has 94 valence electrons. The van der Waals surface area contributed by atoms with Gasteiger partial charge in [-0.1, -0.05) is 17.7 Å². The van der Waals surface area contributed by atoms with Gasteiger partial charge in [-0.2, -0.15) is 5.26 Å². The van der Waals surface area contributed by atoms with Gasteiger partial charge in [-0.25, -0.2) is 4.39 Å². The summed E-state index contributed by atoms with van der Waals surface area (Å²) in [6.45, 7) is -0.201. The van der Waals surface area contributed by atoms with Gasteiger partial charge in [0.05, 0.1) is 11.1 Å². The first-order valence-corrected chi connectivity index (χ1v) is 5.29. The smallest absolute Gasteiger partial charge is 0.310 e. The molecule has 1 rings (SSSR count). The molecule has 0 aliphatic carbocycles. The van der Waals surface area contributed by atoms with E-state index in [1.54, 1.807) is 6.07 Å². The predicted molar refractivity (Wildman–Crippen MR) is 61.9 cm³/mol. The monoisotopic (exact) mass is 269 g/mol. The second-order valence-electron chi connectivity index (χ2n) is 3.27. The van der Waals surface area contributed by atoms with Gasteiger partial charge in [0.1, 0.15) is 12.4 Å². The highest BCUT2D eigenvalue weighted by Gasteiger charge is 2.12. The Morgan fingerprint density at radius 1 is 1.33 bits per heavy atom. The van der Waals surface area contributed by atoms with Crippen LogP contribution < -0.4 is 10.6 Å². The van der Waals surface area contributed by atoms with E-state index in [1.807, 2.05) is 0 Å². The van der Waals surface area contributed by atoms with Crippen molar-refractivity contribution in [3.8, 4) is 6.07 Å². The lowest BCUT2D eigenvalue weighted by atomic mass is 10.2. The lowest BCUT2D eigenvalue weighted by Gasteiger charge is -2.05. The largest absolute Gasteiger partial charge is 0.344 e. The molecule has 7 heteroatoms. The zero-order valence-electron chi connectivity index (χ0n) is 9.17. The van der Waals surface area contributed by atoms with E-state index in [1.165, 1.54) is 18.2 Å². The van der Waals surface area contributed by atoms with Gasteiger partial charge in [0.2, 0.25) is 0 Å². The molecular formula is C11H9ClFN3O2. The third-order valence-electron chi connectivity index (χ3n) is 1.97. The summed E-state index contributed by atoms with van der Waals surface area (Å²) in [6.07, 6.45) is 0. The summed E-state index contributed by atoms with van der Waals surface area (Å²) in [7, 11) is 0. The summed E-state index contributed by atoms with van der Waals surface area (Å²) in [5, 5.41) is 12.6. The van der Waals surface area contributed by atoms with Crippen LogP contribution in [0.25, 0.3) is 0 Å². The van der Waals surface area contributed by atoms with Gasteiger partial charge in [-0.3, -0.25) is 9.59 Å². The minimum atomic E-state index is -0.898. The van der Waals surface area contributed by atoms with Crippen LogP contribution in [0.1, 0.15) is 5.56 Å². The topological polar surface area (TPSA) is 82.0 Å². The van der Waals surface area contributed by atoms with Gasteiger partial charge in [0.15, 0.2) is 0 Å². The van der Waals surface area contributed by atoms with E-state index in [4.69, 9.17) is 16.9 Å². The number of hydrogen-bond donors (Lipinski definition) is 2. The average Bonchev–Trinajstić information content (AvgIpc) is 2.36. The first-order chi connectivity index (χ1) is 8.54. The van der Waals surface area contributed by atoms with Gasteiger partial charge >= 0.3 is 11.8 Å². The van der Waals surface area contributed by atoms with E-state index in [9.17, 15) is 14.0 Å². The van der Waals surface area contributed by atoms with Crippen molar-refractivity contribution in [3.63, 3.8) is 0 Å². The molecule has 1 aromatic rings. The first-order valence-electron chi connectivity index (χ1n) is 4.91. The fraction of sp³-hybridized carbons (Fsp3) is 0.182. The van der Waals surface area contributed by atoms with Crippen molar-refractivity contribution in [1.29, 1.82) is 5.26 Å². The minimum Gasteiger partial charge on any atom is -0.344 e. The van der Waals surface area contributed by atoms with Crippen LogP contribution in [0, 0.1) is 17.1 Å². The molecule has 0 bridgehead atoms. The Labute approximate surface area is 108 Å². The van der Waals surface area contributed by atoms with Crippen molar-refractivity contribution in [3.05, 3.63) is 34.6 Å². The zero-order chi connectivity index (χ0) is 13.5. The number of hydrogen-bond acceptors (Lipinski definition) is 3. The Kier molecular flexibility index (Phi) is 5.08. The molecule has 0 atom stereocenters. The van der Waals surface area contributed by atoms with Crippen LogP contribution in [-0.4, -0.2) is 18.4 Å². The highest BCUT2D eigenvalue weighted by molar-refractivity contribution is 6.35. The number of carbonyl (C=O) groups excluding carboxylic acids is 2. The number of nitrogens with zero attached hydrogens (tertiary/aromatic N) is 1. The molecule has 1 aromatic carbocycles. The SMILES string of the molecule is N#CCNC(=O)C(=O)NCc1ccc(F)c(Cl)c1. The molecule has 2 amide bonds. The Balaban J connectivity index is 2.50. The van der Waals surface area contributed by atoms with Crippen LogP contribution in [-0.2, 0) is 16.1 Å². The molecular weight excluding hydrogens is 261 g/mol. The van der Waals surface area contributed by atoms with Crippen LogP contribution in [0.2, 0.25) is 5.02 Å². The molecule has 0 unspecified atom stereocenters. The molecule has 0 saturated heterocycles. The van der Waals surface area contributed by atoms with E-state index >= 15 is 0 Å². The standard InChI is InChI=1S/C11H9ClFN3O2/c12-8-5-7(1-2-9(8)13)6-16-11(18)10(17)15-4-3-14/h1-2,5H,4,6H2,(H,15,17)(H,16,18). The maximum atomic E-state index is 12.9. The summed E-state index contributed by atoms with van der Waals surface area (Å²) in [5.41, 5.74) is 0.558. The average molecular weight is 270 g/mol. The molecule has 0 heterocycles. The van der Waals surface area contributed by atoms with Gasteiger partial charge in [-0.15, -0.1) is 0 Å². The zero-order valence-corrected chi connectivity index (χ0v) is 9.92. The van der Waals surface area contributed by atoms with Gasteiger partial charge in [-0.05, 0) is 17.7 Å². The summed E-state index contributed by atoms with van der Waals surface area (Å²) >= 11 is 5.56. The van der Waals surface area contributed by atoms with Crippen LogP contribution in [0.3, 0.4) is 0 Å². The van der Waals surface area contributed by atoms with Crippen molar-refractivity contribution in [2.24, 2.45) is 0 Å². The third kappa shape index (κ3) is 4.03. The number of benzene rings is 1. The maximum Gasteiger partial charge on any atom is 0.310 e. The Morgan fingerprint density at radius 3 is 2.61 bits per heavy atom. The van der Waals surface area contributed by atoms with E-state index in [0.29, 0.717) is 5.56 Å². The summed E-state index contributed by atoms with van der Waals surface area (Å²) in [4.78, 5) is 22.3. The molecule has 2 N–H and O–H groups in total. The lowest BCUT2D eigenvalue weighted by Crippen LogP contribution is -2.39. The fourth-order valence-corrected chi connectivity index (χ4v) is 1.32. The Hall–Kier alpha value is -2.13. The van der Waals surface area contributed by atoms with Crippen LogP contribution >= 0.6 is 11.6 Å². The molecule has 0 radical (unpaired) electrons. The molecule has 0 fully saturated rings. The normalized spacial score (nSPS) is 9.39. The lowest BCUT2D eigenvalue weighted by molar-refractivity contribution is -0.139. The Morgan fingerprint density at radius 2 is 2.00 bits per heavy atom. The molecule has 0 saturated carbocycles. The van der Waals surface area contributed by atoms with Crippen LogP contribution in [0.5, 0.6) is 0 Å². The highest BCUT2D eigenvalue weighted by Crippen LogP contribution is 2.15. The Bertz CT molecular complexity index is 514. The first kappa shape index (κ1) is 13.9. The number of halogens is 2.